The summed E-state index contributed by atoms with van der Waals surface area (Å²) < 4.78 is 2.19. The lowest BCUT2D eigenvalue weighted by atomic mass is 10.2. The fourth-order valence-electron chi connectivity index (χ4n) is 2.40. The molecule has 0 fully saturated rings. The molecule has 0 spiro atoms. The Morgan fingerprint density at radius 1 is 1.14 bits per heavy atom. The number of aryl methyl sites for hydroxylation is 2. The molecule has 0 aliphatic rings. The van der Waals surface area contributed by atoms with Gasteiger partial charge >= 0.3 is 0 Å². The number of rotatable bonds is 6. The highest BCUT2D eigenvalue weighted by Crippen LogP contribution is 2.12. The Bertz CT molecular complexity index is 546. The lowest BCUT2D eigenvalue weighted by Crippen LogP contribution is -3.00. The average Bonchev–Trinajstić information content (AvgIpc) is 2.49. The maximum absolute atomic E-state index is 9.08. The Kier molecular flexibility index (Phi) is 7.20. The topological polar surface area (TPSA) is 27.4 Å². The SMILES string of the molecule is CCN(c1ccccc1)[n+]1ccc(C)cc1CCCO.[Cl-]. The van der Waals surface area contributed by atoms with E-state index in [1.54, 1.807) is 0 Å². The molecule has 0 atom stereocenters. The molecule has 0 unspecified atom stereocenters. The molecule has 0 aliphatic heterocycles. The van der Waals surface area contributed by atoms with Gasteiger partial charge in [-0.05, 0) is 38.0 Å². The number of benzene rings is 1. The van der Waals surface area contributed by atoms with Crippen LogP contribution in [-0.2, 0) is 6.42 Å². The van der Waals surface area contributed by atoms with E-state index in [9.17, 15) is 0 Å². The van der Waals surface area contributed by atoms with Crippen LogP contribution in [0.3, 0.4) is 0 Å². The molecule has 21 heavy (non-hydrogen) atoms. The molecule has 3 nitrogen and oxygen atoms in total. The first-order valence-corrected chi connectivity index (χ1v) is 7.21. The van der Waals surface area contributed by atoms with Gasteiger partial charge < -0.3 is 17.5 Å². The predicted molar refractivity (Wildman–Crippen MR) is 81.6 cm³/mol. The third-order valence-corrected chi connectivity index (χ3v) is 3.37. The fraction of sp³-hybridized carbons (Fsp3) is 0.353. The molecule has 1 N–H and O–H groups in total. The Hall–Kier alpha value is -1.58. The van der Waals surface area contributed by atoms with Crippen LogP contribution in [0.15, 0.2) is 48.7 Å². The largest absolute Gasteiger partial charge is 1.00 e. The minimum Gasteiger partial charge on any atom is -1.00 e. The summed E-state index contributed by atoms with van der Waals surface area (Å²) in [6.45, 7) is 5.37. The van der Waals surface area contributed by atoms with Crippen LogP contribution in [0, 0.1) is 6.92 Å². The molecular weight excluding hydrogens is 284 g/mol. The normalized spacial score (nSPS) is 10.0. The molecule has 1 aromatic heterocycles. The molecular formula is C17H23ClN2O. The van der Waals surface area contributed by atoms with Crippen LogP contribution in [0.2, 0.25) is 0 Å². The van der Waals surface area contributed by atoms with Crippen LogP contribution in [0.4, 0.5) is 5.69 Å². The number of anilines is 1. The number of aromatic nitrogens is 1. The number of nitrogens with zero attached hydrogens (tertiary/aromatic N) is 2. The molecule has 0 saturated carbocycles. The summed E-state index contributed by atoms with van der Waals surface area (Å²) in [6.07, 6.45) is 3.77. The van der Waals surface area contributed by atoms with E-state index in [1.807, 2.05) is 6.07 Å². The summed E-state index contributed by atoms with van der Waals surface area (Å²) in [5.41, 5.74) is 3.65. The zero-order valence-corrected chi connectivity index (χ0v) is 13.4. The number of halogens is 1. The molecule has 2 aromatic rings. The van der Waals surface area contributed by atoms with Crippen LogP contribution < -0.4 is 22.1 Å². The average molecular weight is 307 g/mol. The zero-order valence-electron chi connectivity index (χ0n) is 12.7. The van der Waals surface area contributed by atoms with Crippen molar-refractivity contribution in [3.63, 3.8) is 0 Å². The predicted octanol–water partition coefficient (Wildman–Crippen LogP) is -0.499. The number of hydrogen-bond acceptors (Lipinski definition) is 2. The molecule has 1 aromatic carbocycles. The van der Waals surface area contributed by atoms with Crippen molar-refractivity contribution in [2.75, 3.05) is 18.2 Å². The van der Waals surface area contributed by atoms with Gasteiger partial charge in [-0.25, -0.2) is 0 Å². The summed E-state index contributed by atoms with van der Waals surface area (Å²) >= 11 is 0. The molecule has 0 saturated heterocycles. The monoisotopic (exact) mass is 306 g/mol. The lowest BCUT2D eigenvalue weighted by Gasteiger charge is -2.18. The van der Waals surface area contributed by atoms with E-state index in [-0.39, 0.29) is 19.0 Å². The second kappa shape index (κ2) is 8.65. The van der Waals surface area contributed by atoms with Gasteiger partial charge in [-0.2, -0.15) is 0 Å². The molecule has 4 heteroatoms. The van der Waals surface area contributed by atoms with Crippen molar-refractivity contribution in [3.05, 3.63) is 59.9 Å². The summed E-state index contributed by atoms with van der Waals surface area (Å²) in [4.78, 5) is 0. The number of para-hydroxylation sites is 1. The third kappa shape index (κ3) is 4.45. The number of pyridine rings is 1. The molecule has 0 amide bonds. The summed E-state index contributed by atoms with van der Waals surface area (Å²) in [6, 6.07) is 14.7. The molecule has 114 valence electrons. The summed E-state index contributed by atoms with van der Waals surface area (Å²) in [5.74, 6) is 0. The van der Waals surface area contributed by atoms with Gasteiger partial charge in [0.2, 0.25) is 11.9 Å². The van der Waals surface area contributed by atoms with Crippen molar-refractivity contribution in [2.45, 2.75) is 26.7 Å². The molecule has 2 rings (SSSR count). The van der Waals surface area contributed by atoms with Gasteiger partial charge in [-0.3, -0.25) is 0 Å². The van der Waals surface area contributed by atoms with Gasteiger partial charge in [-0.15, -0.1) is 5.01 Å². The highest BCUT2D eigenvalue weighted by atomic mass is 35.5. The number of aliphatic hydroxyl groups is 1. The van der Waals surface area contributed by atoms with Gasteiger partial charge in [-0.1, -0.05) is 22.9 Å². The Labute approximate surface area is 133 Å². The van der Waals surface area contributed by atoms with Gasteiger partial charge in [0, 0.05) is 25.2 Å². The fourth-order valence-corrected chi connectivity index (χ4v) is 2.40. The minimum atomic E-state index is 0. The van der Waals surface area contributed by atoms with E-state index in [2.05, 4.69) is 66.1 Å². The van der Waals surface area contributed by atoms with E-state index in [0.717, 1.165) is 19.4 Å². The summed E-state index contributed by atoms with van der Waals surface area (Å²) in [7, 11) is 0. The number of hydrogen-bond donors (Lipinski definition) is 1. The highest BCUT2D eigenvalue weighted by Gasteiger charge is 2.19. The van der Waals surface area contributed by atoms with Crippen molar-refractivity contribution < 1.29 is 22.2 Å². The quantitative estimate of drug-likeness (QED) is 0.729. The van der Waals surface area contributed by atoms with Gasteiger partial charge in [0.1, 0.15) is 0 Å². The van der Waals surface area contributed by atoms with Crippen molar-refractivity contribution in [1.82, 2.24) is 0 Å². The Morgan fingerprint density at radius 2 is 1.86 bits per heavy atom. The Balaban J connectivity index is 0.00000220. The van der Waals surface area contributed by atoms with Gasteiger partial charge in [0.15, 0.2) is 0 Å². The van der Waals surface area contributed by atoms with Crippen LogP contribution in [-0.4, -0.2) is 18.3 Å². The van der Waals surface area contributed by atoms with Crippen molar-refractivity contribution >= 4 is 5.69 Å². The maximum Gasteiger partial charge on any atom is 0.212 e. The second-order valence-corrected chi connectivity index (χ2v) is 4.92. The van der Waals surface area contributed by atoms with Crippen LogP contribution in [0.1, 0.15) is 24.6 Å². The first-order chi connectivity index (χ1) is 9.76. The van der Waals surface area contributed by atoms with Gasteiger partial charge in [0.25, 0.3) is 0 Å². The summed E-state index contributed by atoms with van der Waals surface area (Å²) in [5, 5.41) is 11.3. The lowest BCUT2D eigenvalue weighted by molar-refractivity contribution is -0.691. The zero-order chi connectivity index (χ0) is 14.4. The molecule has 0 aliphatic carbocycles. The standard InChI is InChI=1S/C17H23N2O.ClH/c1-3-18(16-8-5-4-6-9-16)19-12-11-15(2)14-17(19)10-7-13-20;/h4-6,8-9,11-12,14,20H,3,7,10,13H2,1-2H3;1H/q+1;/p-1. The first-order valence-electron chi connectivity index (χ1n) is 7.21. The van der Waals surface area contributed by atoms with Crippen LogP contribution in [0.5, 0.6) is 0 Å². The smallest absolute Gasteiger partial charge is 0.212 e. The Morgan fingerprint density at radius 3 is 2.48 bits per heavy atom. The van der Waals surface area contributed by atoms with Crippen molar-refractivity contribution in [1.29, 1.82) is 0 Å². The van der Waals surface area contributed by atoms with Crippen LogP contribution >= 0.6 is 0 Å². The molecule has 1 heterocycles. The van der Waals surface area contributed by atoms with E-state index in [4.69, 9.17) is 5.11 Å². The minimum absolute atomic E-state index is 0. The van der Waals surface area contributed by atoms with E-state index in [0.29, 0.717) is 0 Å². The van der Waals surface area contributed by atoms with E-state index in [1.165, 1.54) is 16.9 Å². The van der Waals surface area contributed by atoms with Crippen molar-refractivity contribution in [2.24, 2.45) is 0 Å². The van der Waals surface area contributed by atoms with Crippen molar-refractivity contribution in [3.8, 4) is 0 Å². The van der Waals surface area contributed by atoms with E-state index < -0.39 is 0 Å². The first kappa shape index (κ1) is 17.5. The third-order valence-electron chi connectivity index (χ3n) is 3.37. The highest BCUT2D eigenvalue weighted by molar-refractivity contribution is 5.42. The molecule has 0 radical (unpaired) electrons. The maximum atomic E-state index is 9.08. The van der Waals surface area contributed by atoms with Crippen LogP contribution in [0.25, 0.3) is 0 Å². The van der Waals surface area contributed by atoms with Gasteiger partial charge in [0.05, 0.1) is 12.2 Å². The van der Waals surface area contributed by atoms with E-state index >= 15 is 0 Å². The number of aliphatic hydroxyl groups excluding tert-OH is 1. The molecule has 0 bridgehead atoms. The second-order valence-electron chi connectivity index (χ2n) is 4.92.